The van der Waals surface area contributed by atoms with Crippen LogP contribution in [0.4, 0.5) is 0 Å². The summed E-state index contributed by atoms with van der Waals surface area (Å²) in [6.45, 7) is 7.31. The molecule has 0 bridgehead atoms. The fourth-order valence-corrected chi connectivity index (χ4v) is 1.43. The minimum absolute atomic E-state index is 0.00319. The van der Waals surface area contributed by atoms with E-state index in [2.05, 4.69) is 24.1 Å². The lowest BCUT2D eigenvalue weighted by atomic mass is 10.2. The highest BCUT2D eigenvalue weighted by Gasteiger charge is 2.20. The van der Waals surface area contributed by atoms with Gasteiger partial charge in [-0.05, 0) is 13.8 Å². The van der Waals surface area contributed by atoms with Crippen LogP contribution in [0.1, 0.15) is 13.8 Å². The van der Waals surface area contributed by atoms with Gasteiger partial charge in [0.25, 0.3) is 0 Å². The summed E-state index contributed by atoms with van der Waals surface area (Å²) in [5.41, 5.74) is 0. The van der Waals surface area contributed by atoms with Crippen molar-refractivity contribution in [2.24, 2.45) is 0 Å². The van der Waals surface area contributed by atoms with E-state index < -0.39 is 0 Å². The average molecular weight is 157 g/mol. The molecule has 0 aliphatic carbocycles. The summed E-state index contributed by atoms with van der Waals surface area (Å²) in [6, 6.07) is 0.747. The first-order valence-corrected chi connectivity index (χ1v) is 4.29. The van der Waals surface area contributed by atoms with Gasteiger partial charge in [0, 0.05) is 31.7 Å². The van der Waals surface area contributed by atoms with Gasteiger partial charge in [0.2, 0.25) is 0 Å². The normalized spacial score (nSPS) is 27.8. The predicted molar refractivity (Wildman–Crippen MR) is 44.1 cm³/mol. The van der Waals surface area contributed by atoms with E-state index in [4.69, 9.17) is 0 Å². The molecule has 0 aromatic rings. The number of nitrogens with one attached hydrogen (secondary N) is 1. The second kappa shape index (κ2) is 4.04. The number of hydrogen-bond acceptors (Lipinski definition) is 2. The van der Waals surface area contributed by atoms with E-state index in [1.54, 1.807) is 0 Å². The highest BCUT2D eigenvalue weighted by molar-refractivity contribution is 4.79. The van der Waals surface area contributed by atoms with Gasteiger partial charge in [-0.15, -0.1) is 0 Å². The zero-order valence-corrected chi connectivity index (χ0v) is 7.34. The topological polar surface area (TPSA) is 35.2 Å². The highest BCUT2D eigenvalue weighted by Crippen LogP contribution is 2.03. The largest absolute Gasteiger partial charge is 0.309 e. The van der Waals surface area contributed by atoms with Crippen LogP contribution in [0, 0.1) is 0 Å². The van der Waals surface area contributed by atoms with Gasteiger partial charge in [-0.1, -0.05) is 0 Å². The first-order chi connectivity index (χ1) is 5.24. The van der Waals surface area contributed by atoms with Gasteiger partial charge in [0.05, 0.1) is 6.61 Å². The van der Waals surface area contributed by atoms with Gasteiger partial charge in [0.15, 0.2) is 0 Å². The number of hydrogen-bond donors (Lipinski definition) is 1. The molecule has 1 fully saturated rings. The number of piperazine rings is 1. The van der Waals surface area contributed by atoms with E-state index in [-0.39, 0.29) is 12.6 Å². The maximum absolute atomic E-state index is 10.6. The van der Waals surface area contributed by atoms with Crippen LogP contribution >= 0.6 is 0 Å². The second-order valence-electron chi connectivity index (χ2n) is 3.41. The zero-order valence-electron chi connectivity index (χ0n) is 7.34. The lowest BCUT2D eigenvalue weighted by molar-refractivity contribution is 0.0942. The smallest absolute Gasteiger partial charge is 0.0987 e. The molecule has 1 radical (unpaired) electrons. The predicted octanol–water partition coefficient (Wildman–Crippen LogP) is 0.0991. The van der Waals surface area contributed by atoms with Crippen LogP contribution in [0.3, 0.4) is 0 Å². The summed E-state index contributed by atoms with van der Waals surface area (Å²) < 4.78 is 0. The van der Waals surface area contributed by atoms with E-state index in [1.807, 2.05) is 0 Å². The third kappa shape index (κ3) is 2.43. The van der Waals surface area contributed by atoms with Crippen LogP contribution in [0.25, 0.3) is 0 Å². The molecule has 1 aliphatic rings. The van der Waals surface area contributed by atoms with Crippen molar-refractivity contribution in [1.29, 1.82) is 0 Å². The third-order valence-electron chi connectivity index (χ3n) is 2.22. The van der Waals surface area contributed by atoms with Crippen molar-refractivity contribution in [2.75, 3.05) is 26.2 Å². The van der Waals surface area contributed by atoms with E-state index in [1.165, 1.54) is 0 Å². The van der Waals surface area contributed by atoms with Crippen LogP contribution in [0.15, 0.2) is 0 Å². The fourth-order valence-electron chi connectivity index (χ4n) is 1.43. The second-order valence-corrected chi connectivity index (χ2v) is 3.41. The molecule has 1 atom stereocenters. The summed E-state index contributed by atoms with van der Waals surface area (Å²) in [7, 11) is 0. The first kappa shape index (κ1) is 8.97. The summed E-state index contributed by atoms with van der Waals surface area (Å²) >= 11 is 0. The Balaban J connectivity index is 2.33. The molecule has 1 N–H and O–H groups in total. The molecule has 1 rings (SSSR count). The molecule has 1 saturated heterocycles. The van der Waals surface area contributed by atoms with E-state index in [0.717, 1.165) is 19.6 Å². The quantitative estimate of drug-likeness (QED) is 0.617. The third-order valence-corrected chi connectivity index (χ3v) is 2.22. The molecule has 0 aromatic carbocycles. The maximum atomic E-state index is 10.6. The van der Waals surface area contributed by atoms with Gasteiger partial charge < -0.3 is 5.32 Å². The molecule has 0 amide bonds. The Morgan fingerprint density at radius 1 is 1.64 bits per heavy atom. The molecule has 0 saturated carbocycles. The zero-order chi connectivity index (χ0) is 8.27. The van der Waals surface area contributed by atoms with Crippen molar-refractivity contribution < 1.29 is 5.11 Å². The molecule has 3 nitrogen and oxygen atoms in total. The van der Waals surface area contributed by atoms with E-state index in [9.17, 15) is 5.11 Å². The highest BCUT2D eigenvalue weighted by atomic mass is 16.3. The van der Waals surface area contributed by atoms with Gasteiger partial charge >= 0.3 is 0 Å². The van der Waals surface area contributed by atoms with Crippen LogP contribution in [0.5, 0.6) is 0 Å². The van der Waals surface area contributed by atoms with Crippen LogP contribution in [-0.2, 0) is 5.11 Å². The SMILES string of the molecule is CC(C)N1CCNC(C[O])C1. The standard InChI is InChI=1S/C8H17N2O/c1-7(2)10-4-3-9-8(5-10)6-11/h7-9H,3-6H2,1-2H3. The van der Waals surface area contributed by atoms with Crippen molar-refractivity contribution in [3.8, 4) is 0 Å². The Hall–Kier alpha value is -0.120. The fraction of sp³-hybridized carbons (Fsp3) is 1.00. The van der Waals surface area contributed by atoms with Gasteiger partial charge in [-0.2, -0.15) is 0 Å². The van der Waals surface area contributed by atoms with Crippen LogP contribution in [-0.4, -0.2) is 43.2 Å². The van der Waals surface area contributed by atoms with Gasteiger partial charge in [-0.3, -0.25) is 4.90 Å². The summed E-state index contributed by atoms with van der Waals surface area (Å²) in [4.78, 5) is 2.35. The summed E-state index contributed by atoms with van der Waals surface area (Å²) in [6.07, 6.45) is 0. The van der Waals surface area contributed by atoms with Gasteiger partial charge in [0.1, 0.15) is 0 Å². The molecule has 1 unspecified atom stereocenters. The molecular formula is C8H17N2O. The Kier molecular flexibility index (Phi) is 3.30. The lowest BCUT2D eigenvalue weighted by Crippen LogP contribution is -2.53. The van der Waals surface area contributed by atoms with E-state index in [0.29, 0.717) is 6.04 Å². The van der Waals surface area contributed by atoms with Crippen molar-refractivity contribution in [1.82, 2.24) is 10.2 Å². The molecule has 3 heteroatoms. The average Bonchev–Trinajstić information content (AvgIpc) is 2.05. The van der Waals surface area contributed by atoms with Crippen molar-refractivity contribution in [2.45, 2.75) is 25.9 Å². The van der Waals surface area contributed by atoms with Crippen LogP contribution < -0.4 is 5.32 Å². The Morgan fingerprint density at radius 2 is 2.36 bits per heavy atom. The summed E-state index contributed by atoms with van der Waals surface area (Å²) in [5.74, 6) is 0. The van der Waals surface area contributed by atoms with E-state index >= 15 is 0 Å². The lowest BCUT2D eigenvalue weighted by Gasteiger charge is -2.35. The van der Waals surface area contributed by atoms with Crippen molar-refractivity contribution in [3.63, 3.8) is 0 Å². The summed E-state index contributed by atoms with van der Waals surface area (Å²) in [5, 5.41) is 13.8. The number of rotatable bonds is 2. The minimum Gasteiger partial charge on any atom is -0.309 e. The molecular weight excluding hydrogens is 140 g/mol. The Labute approximate surface area is 68.4 Å². The molecule has 1 heterocycles. The molecule has 1 aliphatic heterocycles. The minimum atomic E-state index is 0.00319. The Morgan fingerprint density at radius 3 is 2.91 bits per heavy atom. The van der Waals surface area contributed by atoms with Crippen molar-refractivity contribution in [3.05, 3.63) is 0 Å². The molecule has 0 aromatic heterocycles. The molecule has 65 valence electrons. The number of nitrogens with zero attached hydrogens (tertiary/aromatic N) is 1. The molecule has 0 spiro atoms. The first-order valence-electron chi connectivity index (χ1n) is 4.29. The Bertz CT molecular complexity index is 117. The maximum Gasteiger partial charge on any atom is 0.0987 e. The van der Waals surface area contributed by atoms with Crippen LogP contribution in [0.2, 0.25) is 0 Å². The molecule has 11 heavy (non-hydrogen) atoms. The van der Waals surface area contributed by atoms with Crippen molar-refractivity contribution >= 4 is 0 Å². The van der Waals surface area contributed by atoms with Gasteiger partial charge in [-0.25, -0.2) is 5.11 Å². The monoisotopic (exact) mass is 157 g/mol.